The molecular weight excluding hydrogens is 422 g/mol. The van der Waals surface area contributed by atoms with Crippen molar-refractivity contribution in [2.75, 3.05) is 47.5 Å². The van der Waals surface area contributed by atoms with Crippen LogP contribution in [0.15, 0.2) is 36.4 Å². The van der Waals surface area contributed by atoms with E-state index in [-0.39, 0.29) is 0 Å². The van der Waals surface area contributed by atoms with Gasteiger partial charge in [0.2, 0.25) is 5.75 Å². The second-order valence-corrected chi connectivity index (χ2v) is 8.26. The van der Waals surface area contributed by atoms with Crippen molar-refractivity contribution in [3.05, 3.63) is 53.2 Å². The third-order valence-corrected chi connectivity index (χ3v) is 6.40. The summed E-state index contributed by atoms with van der Waals surface area (Å²) in [6.45, 7) is 5.45. The standard InChI is InChI=1S/C25H31N3O5/c1-16-21(18-7-5-6-8-19(18)26-16)22(25(29)30)28-13-11-27(12-14-28)15-17-9-10-20(31-2)24(33-4)23(17)32-3/h5-10,22,26H,11-15H2,1-4H3,(H,29,30)/t22-/m1/s1. The molecule has 1 fully saturated rings. The maximum atomic E-state index is 12.4. The van der Waals surface area contributed by atoms with E-state index in [0.29, 0.717) is 36.9 Å². The summed E-state index contributed by atoms with van der Waals surface area (Å²) in [5.74, 6) is 1.05. The Hall–Kier alpha value is -3.23. The molecule has 8 heteroatoms. The van der Waals surface area contributed by atoms with Crippen LogP contribution in [0.4, 0.5) is 0 Å². The molecule has 8 nitrogen and oxygen atoms in total. The number of nitrogens with one attached hydrogen (secondary N) is 1. The Kier molecular flexibility index (Phi) is 6.76. The van der Waals surface area contributed by atoms with Crippen molar-refractivity contribution in [2.24, 2.45) is 0 Å². The molecule has 33 heavy (non-hydrogen) atoms. The molecule has 1 aliphatic rings. The van der Waals surface area contributed by atoms with Gasteiger partial charge in [0.05, 0.1) is 21.3 Å². The largest absolute Gasteiger partial charge is 0.493 e. The zero-order chi connectivity index (χ0) is 23.5. The van der Waals surface area contributed by atoms with E-state index >= 15 is 0 Å². The number of fused-ring (bicyclic) bond motifs is 1. The first-order chi connectivity index (χ1) is 16.0. The van der Waals surface area contributed by atoms with Crippen LogP contribution in [-0.4, -0.2) is 73.4 Å². The van der Waals surface area contributed by atoms with E-state index in [1.165, 1.54) is 0 Å². The number of carbonyl (C=O) groups is 1. The molecule has 0 radical (unpaired) electrons. The van der Waals surface area contributed by atoms with Gasteiger partial charge in [0.25, 0.3) is 0 Å². The van der Waals surface area contributed by atoms with Gasteiger partial charge in [-0.05, 0) is 19.1 Å². The molecule has 2 heterocycles. The van der Waals surface area contributed by atoms with Gasteiger partial charge in [0.15, 0.2) is 11.5 Å². The highest BCUT2D eigenvalue weighted by molar-refractivity contribution is 5.90. The number of hydrogen-bond donors (Lipinski definition) is 2. The summed E-state index contributed by atoms with van der Waals surface area (Å²) in [6, 6.07) is 11.1. The molecule has 0 aliphatic carbocycles. The normalized spacial score (nSPS) is 16.0. The number of aromatic nitrogens is 1. The van der Waals surface area contributed by atoms with Crippen LogP contribution in [0.1, 0.15) is 22.9 Å². The number of methoxy groups -OCH3 is 3. The van der Waals surface area contributed by atoms with E-state index in [9.17, 15) is 9.90 Å². The summed E-state index contributed by atoms with van der Waals surface area (Å²) in [7, 11) is 4.83. The first-order valence-electron chi connectivity index (χ1n) is 11.0. The molecule has 1 atom stereocenters. The minimum Gasteiger partial charge on any atom is -0.493 e. The van der Waals surface area contributed by atoms with Gasteiger partial charge in [-0.2, -0.15) is 0 Å². The molecule has 0 saturated carbocycles. The van der Waals surface area contributed by atoms with Gasteiger partial charge in [0, 0.05) is 60.4 Å². The Balaban J connectivity index is 1.51. The smallest absolute Gasteiger partial charge is 0.325 e. The van der Waals surface area contributed by atoms with Gasteiger partial charge >= 0.3 is 5.97 Å². The van der Waals surface area contributed by atoms with E-state index < -0.39 is 12.0 Å². The molecule has 0 amide bonds. The number of H-pyrrole nitrogens is 1. The average Bonchev–Trinajstić information content (AvgIpc) is 3.15. The highest BCUT2D eigenvalue weighted by Gasteiger charge is 2.33. The van der Waals surface area contributed by atoms with Crippen LogP contribution in [0.2, 0.25) is 0 Å². The Labute approximate surface area is 193 Å². The number of para-hydroxylation sites is 1. The summed E-state index contributed by atoms with van der Waals surface area (Å²) < 4.78 is 16.5. The number of carboxylic acid groups (broad SMARTS) is 1. The van der Waals surface area contributed by atoms with E-state index in [1.54, 1.807) is 21.3 Å². The Morgan fingerprint density at radius 2 is 1.70 bits per heavy atom. The maximum Gasteiger partial charge on any atom is 0.325 e. The van der Waals surface area contributed by atoms with Crippen LogP contribution in [0.3, 0.4) is 0 Å². The molecule has 4 rings (SSSR count). The van der Waals surface area contributed by atoms with Gasteiger partial charge in [0.1, 0.15) is 6.04 Å². The second kappa shape index (κ2) is 9.72. The molecular formula is C25H31N3O5. The lowest BCUT2D eigenvalue weighted by Gasteiger charge is -2.38. The van der Waals surface area contributed by atoms with Crippen molar-refractivity contribution in [3.63, 3.8) is 0 Å². The Bertz CT molecular complexity index is 1130. The first kappa shape index (κ1) is 22.9. The number of rotatable bonds is 8. The topological polar surface area (TPSA) is 87.3 Å². The van der Waals surface area contributed by atoms with E-state index in [4.69, 9.17) is 14.2 Å². The number of aryl methyl sites for hydroxylation is 1. The van der Waals surface area contributed by atoms with Gasteiger partial charge in [-0.3, -0.25) is 14.6 Å². The lowest BCUT2D eigenvalue weighted by atomic mass is 10.0. The molecule has 2 aromatic carbocycles. The molecule has 2 N–H and O–H groups in total. The van der Waals surface area contributed by atoms with Crippen molar-refractivity contribution >= 4 is 16.9 Å². The van der Waals surface area contributed by atoms with Crippen LogP contribution >= 0.6 is 0 Å². The minimum absolute atomic E-state index is 0.580. The zero-order valence-corrected chi connectivity index (χ0v) is 19.6. The van der Waals surface area contributed by atoms with E-state index in [2.05, 4.69) is 14.8 Å². The highest BCUT2D eigenvalue weighted by atomic mass is 16.5. The van der Waals surface area contributed by atoms with Gasteiger partial charge < -0.3 is 24.3 Å². The van der Waals surface area contributed by atoms with E-state index in [0.717, 1.165) is 40.8 Å². The van der Waals surface area contributed by atoms with Crippen LogP contribution < -0.4 is 14.2 Å². The molecule has 0 spiro atoms. The number of carboxylic acids is 1. The highest BCUT2D eigenvalue weighted by Crippen LogP contribution is 2.40. The number of aliphatic carboxylic acids is 1. The molecule has 1 saturated heterocycles. The third-order valence-electron chi connectivity index (χ3n) is 6.40. The predicted octanol–water partition coefficient (Wildman–Crippen LogP) is 3.45. The summed E-state index contributed by atoms with van der Waals surface area (Å²) in [5.41, 5.74) is 3.73. The van der Waals surface area contributed by atoms with Crippen molar-refractivity contribution in [2.45, 2.75) is 19.5 Å². The van der Waals surface area contributed by atoms with Crippen molar-refractivity contribution in [3.8, 4) is 17.2 Å². The van der Waals surface area contributed by atoms with Gasteiger partial charge in [-0.25, -0.2) is 0 Å². The number of piperazine rings is 1. The van der Waals surface area contributed by atoms with Gasteiger partial charge in [-0.1, -0.05) is 24.3 Å². The molecule has 176 valence electrons. The van der Waals surface area contributed by atoms with Gasteiger partial charge in [-0.15, -0.1) is 0 Å². The summed E-state index contributed by atoms with van der Waals surface area (Å²) in [5, 5.41) is 11.1. The van der Waals surface area contributed by atoms with Crippen molar-refractivity contribution in [1.29, 1.82) is 0 Å². The predicted molar refractivity (Wildman–Crippen MR) is 126 cm³/mol. The molecule has 0 bridgehead atoms. The van der Waals surface area contributed by atoms with Crippen molar-refractivity contribution in [1.82, 2.24) is 14.8 Å². The SMILES string of the molecule is COc1ccc(CN2CCN([C@@H](C(=O)O)c3c(C)[nH]c4ccccc34)CC2)c(OC)c1OC. The average molecular weight is 454 g/mol. The summed E-state index contributed by atoms with van der Waals surface area (Å²) >= 11 is 0. The Morgan fingerprint density at radius 3 is 2.33 bits per heavy atom. The van der Waals surface area contributed by atoms with Crippen LogP contribution in [0, 0.1) is 6.92 Å². The maximum absolute atomic E-state index is 12.4. The summed E-state index contributed by atoms with van der Waals surface area (Å²) in [6.07, 6.45) is 0. The number of benzene rings is 2. The fourth-order valence-electron chi connectivity index (χ4n) is 4.82. The van der Waals surface area contributed by atoms with Crippen LogP contribution in [0.5, 0.6) is 17.2 Å². The lowest BCUT2D eigenvalue weighted by Crippen LogP contribution is -2.49. The number of ether oxygens (including phenoxy) is 3. The third kappa shape index (κ3) is 4.36. The molecule has 0 unspecified atom stereocenters. The fourth-order valence-corrected chi connectivity index (χ4v) is 4.82. The van der Waals surface area contributed by atoms with Crippen LogP contribution in [-0.2, 0) is 11.3 Å². The monoisotopic (exact) mass is 453 g/mol. The van der Waals surface area contributed by atoms with Crippen molar-refractivity contribution < 1.29 is 24.1 Å². The first-order valence-corrected chi connectivity index (χ1v) is 11.0. The Morgan fingerprint density at radius 1 is 1.00 bits per heavy atom. The number of hydrogen-bond acceptors (Lipinski definition) is 6. The van der Waals surface area contributed by atoms with Crippen LogP contribution in [0.25, 0.3) is 10.9 Å². The number of nitrogens with zero attached hydrogens (tertiary/aromatic N) is 2. The number of aromatic amines is 1. The summed E-state index contributed by atoms with van der Waals surface area (Å²) in [4.78, 5) is 20.1. The molecule has 1 aliphatic heterocycles. The molecule has 3 aromatic rings. The van der Waals surface area contributed by atoms with E-state index in [1.807, 2.05) is 43.3 Å². The zero-order valence-electron chi connectivity index (χ0n) is 19.6. The molecule has 1 aromatic heterocycles. The lowest BCUT2D eigenvalue weighted by molar-refractivity contribution is -0.144. The fraction of sp³-hybridized carbons (Fsp3) is 0.400. The quantitative estimate of drug-likeness (QED) is 0.540. The second-order valence-electron chi connectivity index (χ2n) is 8.26. The minimum atomic E-state index is -0.821.